The zero-order valence-corrected chi connectivity index (χ0v) is 10.8. The maximum atomic E-state index is 5.81. The van der Waals surface area contributed by atoms with Crippen molar-refractivity contribution in [3.63, 3.8) is 0 Å². The van der Waals surface area contributed by atoms with Crippen LogP contribution in [0.5, 0.6) is 5.75 Å². The van der Waals surface area contributed by atoms with Gasteiger partial charge in [0.1, 0.15) is 24.4 Å². The number of rotatable bonds is 5. The molecule has 1 unspecified atom stereocenters. The van der Waals surface area contributed by atoms with Crippen LogP contribution in [0.3, 0.4) is 0 Å². The highest BCUT2D eigenvalue weighted by atomic mass is 16.5. The zero-order chi connectivity index (χ0) is 13.8. The summed E-state index contributed by atoms with van der Waals surface area (Å²) in [5.74, 6) is 2.09. The minimum atomic E-state index is -0.268. The van der Waals surface area contributed by atoms with E-state index in [0.29, 0.717) is 18.2 Å². The highest BCUT2D eigenvalue weighted by Crippen LogP contribution is 2.19. The molecule has 20 heavy (non-hydrogen) atoms. The van der Waals surface area contributed by atoms with E-state index >= 15 is 0 Å². The second-order valence-electron chi connectivity index (χ2n) is 4.20. The molecule has 8 heteroatoms. The molecule has 3 aromatic rings. The lowest BCUT2D eigenvalue weighted by molar-refractivity contribution is 0.209. The van der Waals surface area contributed by atoms with E-state index in [1.165, 1.54) is 6.33 Å². The number of hydrogen-bond donors (Lipinski definition) is 1. The Morgan fingerprint density at radius 2 is 2.15 bits per heavy atom. The van der Waals surface area contributed by atoms with Gasteiger partial charge in [-0.1, -0.05) is 18.2 Å². The molecular weight excluding hydrogens is 258 g/mol. The number of benzene rings is 1. The van der Waals surface area contributed by atoms with Crippen LogP contribution in [0.15, 0.2) is 36.7 Å². The van der Waals surface area contributed by atoms with Gasteiger partial charge in [0.25, 0.3) is 0 Å². The summed E-state index contributed by atoms with van der Waals surface area (Å²) >= 11 is 0. The van der Waals surface area contributed by atoms with E-state index in [2.05, 4.69) is 30.7 Å². The monoisotopic (exact) mass is 271 g/mol. The molecule has 1 atom stereocenters. The average Bonchev–Trinajstić information content (AvgIpc) is 3.12. The number of aromatic amines is 1. The summed E-state index contributed by atoms with van der Waals surface area (Å²) in [6.07, 6.45) is 1.18. The van der Waals surface area contributed by atoms with Crippen LogP contribution < -0.4 is 4.74 Å². The van der Waals surface area contributed by atoms with Crippen LogP contribution in [0.1, 0.15) is 24.7 Å². The summed E-state index contributed by atoms with van der Waals surface area (Å²) in [7, 11) is 0. The van der Waals surface area contributed by atoms with Crippen LogP contribution in [-0.4, -0.2) is 35.4 Å². The minimum absolute atomic E-state index is 0.268. The van der Waals surface area contributed by atoms with Crippen molar-refractivity contribution in [1.29, 1.82) is 0 Å². The maximum Gasteiger partial charge on any atom is 0.192 e. The molecule has 0 fully saturated rings. The largest absolute Gasteiger partial charge is 0.483 e. The molecule has 2 heterocycles. The van der Waals surface area contributed by atoms with Crippen molar-refractivity contribution < 1.29 is 4.74 Å². The first-order valence-corrected chi connectivity index (χ1v) is 6.15. The van der Waals surface area contributed by atoms with Crippen molar-refractivity contribution >= 4 is 0 Å². The van der Waals surface area contributed by atoms with Crippen molar-refractivity contribution in [3.8, 4) is 5.75 Å². The van der Waals surface area contributed by atoms with Crippen molar-refractivity contribution in [3.05, 3.63) is 48.3 Å². The van der Waals surface area contributed by atoms with E-state index in [-0.39, 0.29) is 6.10 Å². The Bertz CT molecular complexity index is 650. The molecule has 0 aliphatic rings. The van der Waals surface area contributed by atoms with E-state index in [0.717, 1.165) is 5.75 Å². The van der Waals surface area contributed by atoms with Gasteiger partial charge in [-0.3, -0.25) is 5.10 Å². The first kappa shape index (κ1) is 12.3. The second-order valence-corrected chi connectivity index (χ2v) is 4.20. The third-order valence-electron chi connectivity index (χ3n) is 2.74. The molecule has 2 aromatic heterocycles. The van der Waals surface area contributed by atoms with Gasteiger partial charge in [-0.2, -0.15) is 5.10 Å². The predicted molar refractivity (Wildman–Crippen MR) is 68.8 cm³/mol. The topological polar surface area (TPSA) is 94.4 Å². The normalized spacial score (nSPS) is 12.2. The number of hydrogen-bond acceptors (Lipinski definition) is 6. The molecule has 0 bridgehead atoms. The first-order valence-electron chi connectivity index (χ1n) is 6.15. The Hall–Kier alpha value is -2.77. The third kappa shape index (κ3) is 2.63. The molecule has 8 nitrogen and oxygen atoms in total. The fourth-order valence-corrected chi connectivity index (χ4v) is 1.82. The van der Waals surface area contributed by atoms with Gasteiger partial charge in [0, 0.05) is 0 Å². The molecule has 0 saturated carbocycles. The number of tetrazole rings is 1. The smallest absolute Gasteiger partial charge is 0.192 e. The molecule has 0 spiro atoms. The summed E-state index contributed by atoms with van der Waals surface area (Å²) in [6, 6.07) is 9.55. The van der Waals surface area contributed by atoms with Gasteiger partial charge >= 0.3 is 0 Å². The second kappa shape index (κ2) is 5.47. The van der Waals surface area contributed by atoms with Crippen molar-refractivity contribution in [2.45, 2.75) is 19.6 Å². The Balaban J connectivity index is 1.75. The molecule has 102 valence electrons. The molecule has 0 amide bonds. The average molecular weight is 271 g/mol. The molecule has 0 radical (unpaired) electrons. The number of ether oxygens (including phenoxy) is 1. The van der Waals surface area contributed by atoms with Gasteiger partial charge in [0.05, 0.1) is 0 Å². The maximum absolute atomic E-state index is 5.81. The lowest BCUT2D eigenvalue weighted by atomic mass is 10.3. The molecule has 0 aliphatic heterocycles. The van der Waals surface area contributed by atoms with Gasteiger partial charge in [-0.05, 0) is 29.5 Å². The molecule has 3 rings (SSSR count). The van der Waals surface area contributed by atoms with E-state index in [1.807, 2.05) is 37.3 Å². The van der Waals surface area contributed by atoms with Crippen LogP contribution in [-0.2, 0) is 6.54 Å². The molecular formula is C12H13N7O. The summed E-state index contributed by atoms with van der Waals surface area (Å²) < 4.78 is 7.44. The number of H-pyrrole nitrogens is 1. The highest BCUT2D eigenvalue weighted by Gasteiger charge is 2.17. The third-order valence-corrected chi connectivity index (χ3v) is 2.74. The number of para-hydroxylation sites is 1. The van der Waals surface area contributed by atoms with Crippen LogP contribution in [0.2, 0.25) is 0 Å². The summed E-state index contributed by atoms with van der Waals surface area (Å²) in [6.45, 7) is 2.32. The first-order chi connectivity index (χ1) is 9.83. The SMILES string of the molecule is CC(Oc1ccccc1)c1nnnn1Cc1ncn[nH]1. The van der Waals surface area contributed by atoms with E-state index in [1.54, 1.807) is 4.68 Å². The molecule has 0 saturated heterocycles. The zero-order valence-electron chi connectivity index (χ0n) is 10.8. The molecule has 0 aliphatic carbocycles. The quantitative estimate of drug-likeness (QED) is 0.743. The molecule has 1 N–H and O–H groups in total. The van der Waals surface area contributed by atoms with Gasteiger partial charge < -0.3 is 4.74 Å². The fraction of sp³-hybridized carbons (Fsp3) is 0.250. The number of nitrogens with zero attached hydrogens (tertiary/aromatic N) is 6. The van der Waals surface area contributed by atoms with Gasteiger partial charge in [0.2, 0.25) is 0 Å². The summed E-state index contributed by atoms with van der Waals surface area (Å²) in [5, 5.41) is 18.2. The number of aromatic nitrogens is 7. The predicted octanol–water partition coefficient (Wildman–Crippen LogP) is 0.979. The Morgan fingerprint density at radius 1 is 1.30 bits per heavy atom. The van der Waals surface area contributed by atoms with Crippen molar-refractivity contribution in [2.24, 2.45) is 0 Å². The Morgan fingerprint density at radius 3 is 2.90 bits per heavy atom. The van der Waals surface area contributed by atoms with E-state index in [4.69, 9.17) is 4.74 Å². The van der Waals surface area contributed by atoms with Gasteiger partial charge in [-0.25, -0.2) is 9.67 Å². The van der Waals surface area contributed by atoms with Gasteiger partial charge in [-0.15, -0.1) is 5.10 Å². The minimum Gasteiger partial charge on any atom is -0.483 e. The van der Waals surface area contributed by atoms with Crippen LogP contribution in [0, 0.1) is 0 Å². The van der Waals surface area contributed by atoms with Crippen LogP contribution in [0.4, 0.5) is 0 Å². The highest BCUT2D eigenvalue weighted by molar-refractivity contribution is 5.21. The van der Waals surface area contributed by atoms with Gasteiger partial charge in [0.15, 0.2) is 11.9 Å². The van der Waals surface area contributed by atoms with Crippen molar-refractivity contribution in [2.75, 3.05) is 0 Å². The van der Waals surface area contributed by atoms with Crippen LogP contribution >= 0.6 is 0 Å². The summed E-state index contributed by atoms with van der Waals surface area (Å²) in [5.41, 5.74) is 0. The fourth-order valence-electron chi connectivity index (χ4n) is 1.82. The lowest BCUT2D eigenvalue weighted by Crippen LogP contribution is -2.14. The van der Waals surface area contributed by atoms with Crippen LogP contribution in [0.25, 0.3) is 0 Å². The Labute approximate surface area is 114 Å². The standard InChI is InChI=1S/C12H13N7O/c1-9(20-10-5-3-2-4-6-10)12-16-17-18-19(12)7-11-13-8-14-15-11/h2-6,8-9H,7H2,1H3,(H,13,14,15). The van der Waals surface area contributed by atoms with E-state index in [9.17, 15) is 0 Å². The Kier molecular flexibility index (Phi) is 3.36. The van der Waals surface area contributed by atoms with Crippen molar-refractivity contribution in [1.82, 2.24) is 35.4 Å². The lowest BCUT2D eigenvalue weighted by Gasteiger charge is -2.13. The molecule has 1 aromatic carbocycles. The van der Waals surface area contributed by atoms with E-state index < -0.39 is 0 Å². The summed E-state index contributed by atoms with van der Waals surface area (Å²) in [4.78, 5) is 4.05. The number of nitrogens with one attached hydrogen (secondary N) is 1.